The number of thioether (sulfide) groups is 1. The lowest BCUT2D eigenvalue weighted by molar-refractivity contribution is -0.113. The average molecular weight is 500 g/mol. The number of sulfonamides is 1. The summed E-state index contributed by atoms with van der Waals surface area (Å²) >= 11 is 1.26. The van der Waals surface area contributed by atoms with Crippen molar-refractivity contribution in [3.8, 4) is 11.4 Å². The van der Waals surface area contributed by atoms with Gasteiger partial charge in [-0.2, -0.15) is 4.31 Å². The Morgan fingerprint density at radius 3 is 2.50 bits per heavy atom. The summed E-state index contributed by atoms with van der Waals surface area (Å²) < 4.78 is 29.0. The molecule has 0 aliphatic heterocycles. The van der Waals surface area contributed by atoms with E-state index in [0.29, 0.717) is 36.3 Å². The highest BCUT2D eigenvalue weighted by molar-refractivity contribution is 7.99. The number of rotatable bonds is 11. The molecule has 180 valence electrons. The van der Waals surface area contributed by atoms with Crippen LogP contribution in [0, 0.1) is 6.92 Å². The van der Waals surface area contributed by atoms with Crippen LogP contribution in [0.15, 0.2) is 71.2 Å². The van der Waals surface area contributed by atoms with E-state index in [4.69, 9.17) is 0 Å². The van der Waals surface area contributed by atoms with Gasteiger partial charge in [-0.15, -0.1) is 16.8 Å². The second kappa shape index (κ2) is 11.5. The van der Waals surface area contributed by atoms with Crippen molar-refractivity contribution >= 4 is 33.4 Å². The Labute approximate surface area is 205 Å². The number of nitrogens with zero attached hydrogens (tertiary/aromatic N) is 4. The second-order valence-corrected chi connectivity index (χ2v) is 10.4. The van der Waals surface area contributed by atoms with Gasteiger partial charge in [0, 0.05) is 30.9 Å². The van der Waals surface area contributed by atoms with Gasteiger partial charge in [-0.05, 0) is 24.6 Å². The minimum absolute atomic E-state index is 0.0938. The Balaban J connectivity index is 1.75. The van der Waals surface area contributed by atoms with Crippen molar-refractivity contribution in [1.29, 1.82) is 0 Å². The van der Waals surface area contributed by atoms with Gasteiger partial charge in [-0.25, -0.2) is 8.42 Å². The lowest BCUT2D eigenvalue weighted by atomic mass is 10.2. The number of aromatic nitrogens is 3. The van der Waals surface area contributed by atoms with Gasteiger partial charge in [0.2, 0.25) is 15.9 Å². The third-order valence-corrected chi connectivity index (χ3v) is 8.23. The molecular formula is C24H29N5O3S2. The SMILES string of the molecule is C=CCn1c(SCC(=O)Nc2cc(S(=O)(=O)N(CC)CC)ccc2C)nnc1-c1ccccc1. The molecule has 0 fully saturated rings. The molecule has 34 heavy (non-hydrogen) atoms. The number of anilines is 1. The van der Waals surface area contributed by atoms with Crippen LogP contribution in [0.2, 0.25) is 0 Å². The van der Waals surface area contributed by atoms with Gasteiger partial charge in [-0.3, -0.25) is 9.36 Å². The fourth-order valence-corrected chi connectivity index (χ4v) is 5.65. The largest absolute Gasteiger partial charge is 0.325 e. The highest BCUT2D eigenvalue weighted by atomic mass is 32.2. The van der Waals surface area contributed by atoms with Gasteiger partial charge in [0.15, 0.2) is 11.0 Å². The molecule has 0 unspecified atom stereocenters. The van der Waals surface area contributed by atoms with Crippen molar-refractivity contribution in [3.05, 3.63) is 66.7 Å². The Hall–Kier alpha value is -2.95. The molecule has 1 heterocycles. The molecular weight excluding hydrogens is 470 g/mol. The molecule has 0 aliphatic carbocycles. The summed E-state index contributed by atoms with van der Waals surface area (Å²) in [6.45, 7) is 10.5. The lowest BCUT2D eigenvalue weighted by Gasteiger charge is -2.19. The molecule has 2 aromatic carbocycles. The van der Waals surface area contributed by atoms with Crippen LogP contribution in [-0.4, -0.2) is 52.2 Å². The third kappa shape index (κ3) is 5.75. The number of amides is 1. The van der Waals surface area contributed by atoms with Crippen LogP contribution in [-0.2, 0) is 21.4 Å². The first-order valence-electron chi connectivity index (χ1n) is 10.9. The molecule has 1 N–H and O–H groups in total. The van der Waals surface area contributed by atoms with Gasteiger partial charge in [-0.1, -0.05) is 68.1 Å². The number of carbonyl (C=O) groups excluding carboxylic acids is 1. The summed E-state index contributed by atoms with van der Waals surface area (Å²) in [4.78, 5) is 12.9. The predicted molar refractivity (Wildman–Crippen MR) is 136 cm³/mol. The maximum absolute atomic E-state index is 12.9. The van der Waals surface area contributed by atoms with E-state index in [9.17, 15) is 13.2 Å². The van der Waals surface area contributed by atoms with E-state index in [1.165, 1.54) is 22.1 Å². The van der Waals surface area contributed by atoms with Gasteiger partial charge in [0.05, 0.1) is 10.6 Å². The van der Waals surface area contributed by atoms with E-state index in [1.807, 2.05) is 41.8 Å². The first-order valence-corrected chi connectivity index (χ1v) is 13.4. The van der Waals surface area contributed by atoms with Crippen molar-refractivity contribution in [1.82, 2.24) is 19.1 Å². The minimum atomic E-state index is -3.62. The summed E-state index contributed by atoms with van der Waals surface area (Å²) in [6.07, 6.45) is 1.76. The molecule has 0 aliphatic rings. The standard InChI is InChI=1S/C24H29N5O3S2/c1-5-15-29-23(19-11-9-8-10-12-19)26-27-24(29)33-17-22(30)25-21-16-20(14-13-18(21)4)34(31,32)28(6-2)7-3/h5,8-14,16H,1,6-7,15,17H2,2-4H3,(H,25,30). The highest BCUT2D eigenvalue weighted by Gasteiger charge is 2.23. The quantitative estimate of drug-likeness (QED) is 0.314. The summed E-state index contributed by atoms with van der Waals surface area (Å²) in [6, 6.07) is 14.5. The van der Waals surface area contributed by atoms with E-state index >= 15 is 0 Å². The minimum Gasteiger partial charge on any atom is -0.325 e. The first-order chi connectivity index (χ1) is 16.3. The molecule has 1 amide bonds. The molecule has 8 nitrogen and oxygen atoms in total. The lowest BCUT2D eigenvalue weighted by Crippen LogP contribution is -2.30. The van der Waals surface area contributed by atoms with Crippen molar-refractivity contribution in [2.45, 2.75) is 37.4 Å². The molecule has 10 heteroatoms. The van der Waals surface area contributed by atoms with Crippen LogP contribution in [0.4, 0.5) is 5.69 Å². The van der Waals surface area contributed by atoms with E-state index in [2.05, 4.69) is 22.1 Å². The van der Waals surface area contributed by atoms with E-state index in [0.717, 1.165) is 11.1 Å². The zero-order valence-corrected chi connectivity index (χ0v) is 21.2. The third-order valence-electron chi connectivity index (χ3n) is 5.22. The van der Waals surface area contributed by atoms with Crippen LogP contribution in [0.25, 0.3) is 11.4 Å². The summed E-state index contributed by atoms with van der Waals surface area (Å²) in [5, 5.41) is 12.0. The summed E-state index contributed by atoms with van der Waals surface area (Å²) in [7, 11) is -3.62. The van der Waals surface area contributed by atoms with Crippen LogP contribution in [0.3, 0.4) is 0 Å². The molecule has 3 rings (SSSR count). The Morgan fingerprint density at radius 2 is 1.85 bits per heavy atom. The molecule has 0 radical (unpaired) electrons. The van der Waals surface area contributed by atoms with Gasteiger partial charge in [0.25, 0.3) is 0 Å². The van der Waals surface area contributed by atoms with E-state index < -0.39 is 10.0 Å². The van der Waals surface area contributed by atoms with Gasteiger partial charge < -0.3 is 5.32 Å². The monoisotopic (exact) mass is 499 g/mol. The molecule has 0 spiro atoms. The number of aryl methyl sites for hydroxylation is 1. The molecule has 0 bridgehead atoms. The first kappa shape index (κ1) is 25.7. The number of carbonyl (C=O) groups is 1. The van der Waals surface area contributed by atoms with Crippen molar-refractivity contribution in [2.24, 2.45) is 0 Å². The topological polar surface area (TPSA) is 97.2 Å². The number of allylic oxidation sites excluding steroid dienone is 1. The fourth-order valence-electron chi connectivity index (χ4n) is 3.42. The molecule has 0 saturated carbocycles. The molecule has 1 aromatic heterocycles. The van der Waals surface area contributed by atoms with Gasteiger partial charge in [0.1, 0.15) is 0 Å². The summed E-state index contributed by atoms with van der Waals surface area (Å²) in [5.74, 6) is 0.532. The number of nitrogens with one attached hydrogen (secondary N) is 1. The zero-order valence-electron chi connectivity index (χ0n) is 19.6. The number of benzene rings is 2. The maximum atomic E-state index is 12.9. The van der Waals surface area contributed by atoms with E-state index in [1.54, 1.807) is 32.1 Å². The number of hydrogen-bond acceptors (Lipinski definition) is 6. The maximum Gasteiger partial charge on any atom is 0.243 e. The zero-order chi connectivity index (χ0) is 24.7. The average Bonchev–Trinajstić information content (AvgIpc) is 3.23. The Kier molecular flexibility index (Phi) is 8.65. The van der Waals surface area contributed by atoms with Crippen LogP contribution >= 0.6 is 11.8 Å². The molecule has 0 saturated heterocycles. The molecule has 3 aromatic rings. The molecule has 0 atom stereocenters. The summed E-state index contributed by atoms with van der Waals surface area (Å²) in [5.41, 5.74) is 2.17. The highest BCUT2D eigenvalue weighted by Crippen LogP contribution is 2.26. The van der Waals surface area contributed by atoms with Crippen molar-refractivity contribution in [2.75, 3.05) is 24.2 Å². The Morgan fingerprint density at radius 1 is 1.15 bits per heavy atom. The second-order valence-electron chi connectivity index (χ2n) is 7.47. The fraction of sp³-hybridized carbons (Fsp3) is 0.292. The van der Waals surface area contributed by atoms with Crippen LogP contribution in [0.5, 0.6) is 0 Å². The van der Waals surface area contributed by atoms with Crippen LogP contribution < -0.4 is 5.32 Å². The van der Waals surface area contributed by atoms with Gasteiger partial charge >= 0.3 is 0 Å². The normalized spacial score (nSPS) is 11.5. The Bertz CT molecular complexity index is 1250. The smallest absolute Gasteiger partial charge is 0.243 e. The van der Waals surface area contributed by atoms with Crippen molar-refractivity contribution < 1.29 is 13.2 Å². The van der Waals surface area contributed by atoms with E-state index in [-0.39, 0.29) is 16.6 Å². The van der Waals surface area contributed by atoms with Crippen molar-refractivity contribution in [3.63, 3.8) is 0 Å². The predicted octanol–water partition coefficient (Wildman–Crippen LogP) is 4.20. The van der Waals surface area contributed by atoms with Crippen LogP contribution in [0.1, 0.15) is 19.4 Å². The number of hydrogen-bond donors (Lipinski definition) is 1.